The third-order valence-corrected chi connectivity index (χ3v) is 2.67. The summed E-state index contributed by atoms with van der Waals surface area (Å²) in [6.45, 7) is 1.42. The number of nitro benzene ring substituents is 1. The number of benzene rings is 2. The fourth-order valence-electron chi connectivity index (χ4n) is 1.78. The molecule has 1 radical (unpaired) electrons. The molecule has 0 N–H and O–H groups in total. The van der Waals surface area contributed by atoms with Crippen molar-refractivity contribution in [1.82, 2.24) is 0 Å². The summed E-state index contributed by atoms with van der Waals surface area (Å²) >= 11 is 0. The normalized spacial score (nSPS) is 11.6. The van der Waals surface area contributed by atoms with Crippen molar-refractivity contribution in [1.29, 1.82) is 0 Å². The average Bonchev–Trinajstić information content (AvgIpc) is 2.46. The zero-order valence-corrected chi connectivity index (χ0v) is 9.85. The minimum Gasteiger partial charge on any atom is -0.444 e. The Kier molecular flexibility index (Phi) is 3.87. The molecule has 0 aliphatic heterocycles. The lowest BCUT2D eigenvalue weighted by molar-refractivity contribution is -0.384. The van der Waals surface area contributed by atoms with Gasteiger partial charge in [-0.3, -0.25) is 10.1 Å². The summed E-state index contributed by atoms with van der Waals surface area (Å²) in [5.74, 6) is 0. The molecule has 0 amide bonds. The summed E-state index contributed by atoms with van der Waals surface area (Å²) in [4.78, 5) is 20.6. The van der Waals surface area contributed by atoms with E-state index in [4.69, 9.17) is 4.74 Å². The Morgan fingerprint density at radius 2 is 1.58 bits per heavy atom. The van der Waals surface area contributed by atoms with E-state index in [0.29, 0.717) is 5.56 Å². The summed E-state index contributed by atoms with van der Waals surface area (Å²) in [6, 6.07) is 15.0. The number of ether oxygens (including phenoxy) is 1. The fraction of sp³-hybridized carbons (Fsp3) is 0.0714. The van der Waals surface area contributed by atoms with Gasteiger partial charge >= 0.3 is 6.47 Å². The van der Waals surface area contributed by atoms with Crippen LogP contribution in [0.15, 0.2) is 54.6 Å². The van der Waals surface area contributed by atoms with Crippen molar-refractivity contribution in [2.75, 3.05) is 0 Å². The Bertz CT molecular complexity index is 566. The number of carbonyl (C=O) groups excluding carboxylic acids is 1. The zero-order valence-electron chi connectivity index (χ0n) is 9.85. The second kappa shape index (κ2) is 5.77. The predicted molar refractivity (Wildman–Crippen MR) is 68.2 cm³/mol. The number of nitro groups is 1. The minimum atomic E-state index is -0.612. The molecule has 0 bridgehead atoms. The molecule has 2 aromatic rings. The van der Waals surface area contributed by atoms with Crippen molar-refractivity contribution in [3.05, 3.63) is 75.8 Å². The number of hydrogen-bond donors (Lipinski definition) is 0. The Morgan fingerprint density at radius 1 is 1.00 bits per heavy atom. The van der Waals surface area contributed by atoms with E-state index in [0.717, 1.165) is 5.56 Å². The van der Waals surface area contributed by atoms with E-state index in [-0.39, 0.29) is 5.69 Å². The lowest BCUT2D eigenvalue weighted by Crippen LogP contribution is -2.05. The van der Waals surface area contributed by atoms with Gasteiger partial charge in [0.1, 0.15) is 0 Å². The van der Waals surface area contributed by atoms with Crippen LogP contribution in [0.25, 0.3) is 0 Å². The Balaban J connectivity index is 2.34. The van der Waals surface area contributed by atoms with E-state index >= 15 is 0 Å². The van der Waals surface area contributed by atoms with E-state index in [2.05, 4.69) is 0 Å². The molecule has 0 aromatic heterocycles. The highest BCUT2D eigenvalue weighted by Crippen LogP contribution is 2.26. The fourth-order valence-corrected chi connectivity index (χ4v) is 1.78. The molecule has 0 fully saturated rings. The molecule has 2 aromatic carbocycles. The highest BCUT2D eigenvalue weighted by molar-refractivity contribution is 5.44. The van der Waals surface area contributed by atoms with Crippen LogP contribution in [0.3, 0.4) is 0 Å². The van der Waals surface area contributed by atoms with Gasteiger partial charge in [-0.1, -0.05) is 30.3 Å². The van der Waals surface area contributed by atoms with Gasteiger partial charge in [-0.25, -0.2) is 4.79 Å². The second-order valence-corrected chi connectivity index (χ2v) is 3.84. The van der Waals surface area contributed by atoms with Crippen molar-refractivity contribution in [3.63, 3.8) is 0 Å². The highest BCUT2D eigenvalue weighted by Gasteiger charge is 2.16. The molecular formula is C14H10NO4. The van der Waals surface area contributed by atoms with Gasteiger partial charge in [-0.2, -0.15) is 0 Å². The van der Waals surface area contributed by atoms with E-state index in [1.807, 2.05) is 30.3 Å². The van der Waals surface area contributed by atoms with Crippen LogP contribution in [0.5, 0.6) is 0 Å². The molecule has 19 heavy (non-hydrogen) atoms. The largest absolute Gasteiger partial charge is 0.444 e. The number of nitrogens with zero attached hydrogens (tertiary/aromatic N) is 1. The van der Waals surface area contributed by atoms with Crippen LogP contribution in [0.1, 0.15) is 17.2 Å². The van der Waals surface area contributed by atoms with Gasteiger partial charge in [0.2, 0.25) is 0 Å². The number of non-ortho nitro benzene ring substituents is 1. The van der Waals surface area contributed by atoms with E-state index in [1.54, 1.807) is 12.1 Å². The summed E-state index contributed by atoms with van der Waals surface area (Å²) < 4.78 is 4.94. The van der Waals surface area contributed by atoms with Crippen LogP contribution < -0.4 is 0 Å². The van der Waals surface area contributed by atoms with Gasteiger partial charge in [0, 0.05) is 12.1 Å². The molecule has 0 aliphatic carbocycles. The van der Waals surface area contributed by atoms with E-state index < -0.39 is 11.0 Å². The average molecular weight is 256 g/mol. The van der Waals surface area contributed by atoms with Gasteiger partial charge in [-0.05, 0) is 23.3 Å². The monoisotopic (exact) mass is 256 g/mol. The third kappa shape index (κ3) is 2.95. The van der Waals surface area contributed by atoms with E-state index in [9.17, 15) is 14.9 Å². The first-order valence-electron chi connectivity index (χ1n) is 5.54. The lowest BCUT2D eigenvalue weighted by Gasteiger charge is -2.15. The minimum absolute atomic E-state index is 0.00866. The van der Waals surface area contributed by atoms with Gasteiger partial charge in [0.15, 0.2) is 6.10 Å². The molecule has 1 atom stereocenters. The maximum Gasteiger partial charge on any atom is 0.418 e. The van der Waals surface area contributed by atoms with Gasteiger partial charge < -0.3 is 4.74 Å². The molecule has 5 heteroatoms. The molecule has 1 unspecified atom stereocenters. The van der Waals surface area contributed by atoms with Crippen molar-refractivity contribution in [2.24, 2.45) is 0 Å². The Labute approximate surface area is 109 Å². The third-order valence-electron chi connectivity index (χ3n) is 2.67. The SMILES string of the molecule is O=[C]OC(c1ccccc1)c1ccc([N+](=O)[O-])cc1. The molecular weight excluding hydrogens is 246 g/mol. The molecule has 5 nitrogen and oxygen atoms in total. The standard InChI is InChI=1S/C14H10NO4/c16-10-19-14(11-4-2-1-3-5-11)12-6-8-13(9-7-12)15(17)18/h1-9,14H. The number of rotatable bonds is 5. The first-order chi connectivity index (χ1) is 9.22. The first-order valence-corrected chi connectivity index (χ1v) is 5.54. The van der Waals surface area contributed by atoms with Crippen LogP contribution in [-0.4, -0.2) is 11.4 Å². The summed E-state index contributed by atoms with van der Waals surface area (Å²) in [6.07, 6.45) is -0.612. The molecule has 0 spiro atoms. The van der Waals surface area contributed by atoms with Crippen LogP contribution in [0, 0.1) is 10.1 Å². The summed E-state index contributed by atoms with van der Waals surface area (Å²) in [7, 11) is 0. The van der Waals surface area contributed by atoms with Crippen molar-refractivity contribution < 1.29 is 14.5 Å². The molecule has 95 valence electrons. The van der Waals surface area contributed by atoms with Crippen molar-refractivity contribution >= 4 is 12.2 Å². The van der Waals surface area contributed by atoms with E-state index in [1.165, 1.54) is 18.6 Å². The quantitative estimate of drug-likeness (QED) is 0.609. The van der Waals surface area contributed by atoms with Gasteiger partial charge in [0.25, 0.3) is 5.69 Å². The Morgan fingerprint density at radius 3 is 2.11 bits per heavy atom. The summed E-state index contributed by atoms with van der Waals surface area (Å²) in [5.41, 5.74) is 1.42. The van der Waals surface area contributed by atoms with Crippen molar-refractivity contribution in [2.45, 2.75) is 6.10 Å². The topological polar surface area (TPSA) is 69.4 Å². The molecule has 0 saturated heterocycles. The van der Waals surface area contributed by atoms with Crippen molar-refractivity contribution in [3.8, 4) is 0 Å². The van der Waals surface area contributed by atoms with Crippen LogP contribution in [0.4, 0.5) is 5.69 Å². The van der Waals surface area contributed by atoms with Crippen LogP contribution >= 0.6 is 0 Å². The lowest BCUT2D eigenvalue weighted by atomic mass is 10.0. The van der Waals surface area contributed by atoms with Gasteiger partial charge in [-0.15, -0.1) is 0 Å². The smallest absolute Gasteiger partial charge is 0.418 e. The maximum atomic E-state index is 10.6. The first kappa shape index (κ1) is 12.8. The molecule has 0 heterocycles. The summed E-state index contributed by atoms with van der Waals surface area (Å²) in [5, 5.41) is 10.6. The maximum absolute atomic E-state index is 10.6. The Hall–Kier alpha value is -2.69. The molecule has 0 aliphatic rings. The van der Waals surface area contributed by atoms with Gasteiger partial charge in [0.05, 0.1) is 4.92 Å². The zero-order chi connectivity index (χ0) is 13.7. The highest BCUT2D eigenvalue weighted by atomic mass is 16.6. The van der Waals surface area contributed by atoms with Crippen LogP contribution in [0.2, 0.25) is 0 Å². The predicted octanol–water partition coefficient (Wildman–Crippen LogP) is 2.77. The van der Waals surface area contributed by atoms with Crippen LogP contribution in [-0.2, 0) is 9.53 Å². The number of hydrogen-bond acceptors (Lipinski definition) is 4. The molecule has 0 saturated carbocycles. The second-order valence-electron chi connectivity index (χ2n) is 3.84. The molecule has 2 rings (SSSR count).